The third-order valence-electron chi connectivity index (χ3n) is 4.51. The summed E-state index contributed by atoms with van der Waals surface area (Å²) in [7, 11) is 0. The normalized spacial score (nSPS) is 16.7. The van der Waals surface area contributed by atoms with Crippen molar-refractivity contribution in [2.24, 2.45) is 0 Å². The summed E-state index contributed by atoms with van der Waals surface area (Å²) in [5.41, 5.74) is 0.0413. The molecule has 0 spiro atoms. The second kappa shape index (κ2) is 5.83. The Morgan fingerprint density at radius 2 is 1.91 bits per heavy atom. The van der Waals surface area contributed by atoms with E-state index in [2.05, 4.69) is 5.32 Å². The van der Waals surface area contributed by atoms with Gasteiger partial charge < -0.3 is 15.0 Å². The lowest BCUT2D eigenvalue weighted by atomic mass is 9.97. The fraction of sp³-hybridized carbons (Fsp3) is 0.412. The Morgan fingerprint density at radius 3 is 2.64 bits per heavy atom. The molecule has 116 valence electrons. The molecule has 0 unspecified atom stereocenters. The van der Waals surface area contributed by atoms with Gasteiger partial charge in [-0.3, -0.25) is 4.79 Å². The van der Waals surface area contributed by atoms with Gasteiger partial charge in [-0.1, -0.05) is 31.0 Å². The summed E-state index contributed by atoms with van der Waals surface area (Å²) < 4.78 is 2.02. The van der Waals surface area contributed by atoms with Crippen LogP contribution in [-0.4, -0.2) is 27.1 Å². The van der Waals surface area contributed by atoms with Crippen LogP contribution < -0.4 is 5.32 Å². The zero-order valence-corrected chi connectivity index (χ0v) is 12.4. The van der Waals surface area contributed by atoms with Gasteiger partial charge in [0, 0.05) is 24.7 Å². The van der Waals surface area contributed by atoms with Crippen LogP contribution >= 0.6 is 0 Å². The smallest absolute Gasteiger partial charge is 0.329 e. The van der Waals surface area contributed by atoms with E-state index in [1.807, 2.05) is 41.1 Å². The lowest BCUT2D eigenvalue weighted by Crippen LogP contribution is -2.52. The van der Waals surface area contributed by atoms with E-state index in [4.69, 9.17) is 0 Å². The zero-order chi connectivity index (χ0) is 15.6. The molecule has 1 heterocycles. The Bertz CT molecular complexity index is 699. The summed E-state index contributed by atoms with van der Waals surface area (Å²) in [4.78, 5) is 23.6. The van der Waals surface area contributed by atoms with Crippen LogP contribution in [0.4, 0.5) is 0 Å². The minimum atomic E-state index is -1.05. The van der Waals surface area contributed by atoms with Crippen molar-refractivity contribution in [2.75, 3.05) is 0 Å². The lowest BCUT2D eigenvalue weighted by molar-refractivity contribution is -0.147. The van der Waals surface area contributed by atoms with Crippen molar-refractivity contribution in [3.63, 3.8) is 0 Å². The molecule has 2 aromatic rings. The molecule has 1 aliphatic rings. The first-order valence-corrected chi connectivity index (χ1v) is 7.69. The molecular formula is C17H20N2O3. The molecule has 22 heavy (non-hydrogen) atoms. The average Bonchev–Trinajstić information content (AvgIpc) is 3.13. The summed E-state index contributed by atoms with van der Waals surface area (Å²) in [6, 6.07) is 10.0. The predicted molar refractivity (Wildman–Crippen MR) is 83.5 cm³/mol. The number of aromatic nitrogens is 1. The molecule has 0 bridgehead atoms. The molecule has 2 N–H and O–H groups in total. The van der Waals surface area contributed by atoms with E-state index in [1.54, 1.807) is 0 Å². The van der Waals surface area contributed by atoms with Crippen molar-refractivity contribution >= 4 is 22.8 Å². The molecule has 5 heteroatoms. The number of carbonyl (C=O) groups excluding carboxylic acids is 1. The first kappa shape index (κ1) is 14.6. The van der Waals surface area contributed by atoms with Crippen molar-refractivity contribution < 1.29 is 14.7 Å². The number of hydrogen-bond donors (Lipinski definition) is 2. The predicted octanol–water partition coefficient (Wildman–Crippen LogP) is 2.55. The largest absolute Gasteiger partial charge is 0.480 e. The molecule has 0 radical (unpaired) electrons. The van der Waals surface area contributed by atoms with Crippen LogP contribution in [0, 0.1) is 0 Å². The molecule has 1 aliphatic carbocycles. The fourth-order valence-electron chi connectivity index (χ4n) is 3.26. The Labute approximate surface area is 128 Å². The van der Waals surface area contributed by atoms with Crippen molar-refractivity contribution in [2.45, 2.75) is 44.2 Å². The number of carboxylic acids is 1. The number of nitrogens with one attached hydrogen (secondary N) is 1. The molecule has 3 rings (SSSR count). The molecule has 0 aliphatic heterocycles. The first-order valence-electron chi connectivity index (χ1n) is 7.69. The number of nitrogens with zero attached hydrogens (tertiary/aromatic N) is 1. The Hall–Kier alpha value is -2.30. The summed E-state index contributed by atoms with van der Waals surface area (Å²) in [6.07, 6.45) is 5.01. The summed E-state index contributed by atoms with van der Waals surface area (Å²) >= 11 is 0. The van der Waals surface area contributed by atoms with Crippen molar-refractivity contribution in [1.82, 2.24) is 9.88 Å². The second-order valence-electron chi connectivity index (χ2n) is 5.96. The van der Waals surface area contributed by atoms with Crippen LogP contribution in [0.2, 0.25) is 0 Å². The molecule has 0 saturated heterocycles. The number of aliphatic carboxylic acids is 1. The van der Waals surface area contributed by atoms with Gasteiger partial charge in [-0.25, -0.2) is 4.79 Å². The molecule has 1 saturated carbocycles. The topological polar surface area (TPSA) is 71.3 Å². The van der Waals surface area contributed by atoms with Gasteiger partial charge in [0.15, 0.2) is 0 Å². The van der Waals surface area contributed by atoms with Gasteiger partial charge in [0.2, 0.25) is 5.91 Å². The van der Waals surface area contributed by atoms with E-state index >= 15 is 0 Å². The number of amides is 1. The Morgan fingerprint density at radius 1 is 1.18 bits per heavy atom. The highest BCUT2D eigenvalue weighted by atomic mass is 16.4. The maximum Gasteiger partial charge on any atom is 0.329 e. The number of benzene rings is 1. The van der Waals surface area contributed by atoms with Crippen LogP contribution in [0.25, 0.3) is 10.9 Å². The molecular weight excluding hydrogens is 280 g/mol. The van der Waals surface area contributed by atoms with Crippen LogP contribution in [-0.2, 0) is 16.1 Å². The number of carbonyl (C=O) groups is 2. The quantitative estimate of drug-likeness (QED) is 0.891. The summed E-state index contributed by atoms with van der Waals surface area (Å²) in [5, 5.41) is 13.3. The van der Waals surface area contributed by atoms with Crippen LogP contribution in [0.15, 0.2) is 36.5 Å². The molecule has 1 fully saturated rings. The number of para-hydroxylation sites is 1. The van der Waals surface area contributed by atoms with Crippen LogP contribution in [0.5, 0.6) is 0 Å². The SMILES string of the molecule is O=C(CCn1ccc2ccccc21)NC1(C(=O)O)CCCC1. The average molecular weight is 300 g/mol. The van der Waals surface area contributed by atoms with Crippen molar-refractivity contribution in [1.29, 1.82) is 0 Å². The van der Waals surface area contributed by atoms with E-state index in [0.29, 0.717) is 19.4 Å². The number of hydrogen-bond acceptors (Lipinski definition) is 2. The van der Waals surface area contributed by atoms with Crippen molar-refractivity contribution in [3.8, 4) is 0 Å². The van der Waals surface area contributed by atoms with Gasteiger partial charge in [-0.15, -0.1) is 0 Å². The maximum atomic E-state index is 12.2. The van der Waals surface area contributed by atoms with E-state index in [9.17, 15) is 14.7 Å². The first-order chi connectivity index (χ1) is 10.6. The summed E-state index contributed by atoms with van der Waals surface area (Å²) in [5.74, 6) is -1.10. The second-order valence-corrected chi connectivity index (χ2v) is 5.96. The Kier molecular flexibility index (Phi) is 3.88. The van der Waals surface area contributed by atoms with Crippen LogP contribution in [0.1, 0.15) is 32.1 Å². The van der Waals surface area contributed by atoms with Crippen LogP contribution in [0.3, 0.4) is 0 Å². The highest BCUT2D eigenvalue weighted by molar-refractivity contribution is 5.87. The highest BCUT2D eigenvalue weighted by Gasteiger charge is 2.42. The molecule has 1 amide bonds. The maximum absolute atomic E-state index is 12.2. The number of rotatable bonds is 5. The monoisotopic (exact) mass is 300 g/mol. The number of carboxylic acid groups (broad SMARTS) is 1. The summed E-state index contributed by atoms with van der Waals surface area (Å²) in [6.45, 7) is 0.551. The molecule has 0 atom stereocenters. The standard InChI is InChI=1S/C17H20N2O3/c20-15(18-17(16(21)22)9-3-4-10-17)8-12-19-11-7-13-5-1-2-6-14(13)19/h1-2,5-7,11H,3-4,8-10,12H2,(H,18,20)(H,21,22). The molecule has 5 nitrogen and oxygen atoms in total. The van der Waals surface area contributed by atoms with E-state index in [1.165, 1.54) is 0 Å². The minimum absolute atomic E-state index is 0.193. The van der Waals surface area contributed by atoms with Gasteiger partial charge in [0.25, 0.3) is 0 Å². The third-order valence-corrected chi connectivity index (χ3v) is 4.51. The van der Waals surface area contributed by atoms with Gasteiger partial charge in [-0.05, 0) is 30.4 Å². The van der Waals surface area contributed by atoms with Crippen molar-refractivity contribution in [3.05, 3.63) is 36.5 Å². The Balaban J connectivity index is 1.64. The van der Waals surface area contributed by atoms with E-state index < -0.39 is 11.5 Å². The van der Waals surface area contributed by atoms with Gasteiger partial charge >= 0.3 is 5.97 Å². The lowest BCUT2D eigenvalue weighted by Gasteiger charge is -2.25. The van der Waals surface area contributed by atoms with E-state index in [0.717, 1.165) is 23.7 Å². The number of fused-ring (bicyclic) bond motifs is 1. The fourth-order valence-corrected chi connectivity index (χ4v) is 3.26. The van der Waals surface area contributed by atoms with E-state index in [-0.39, 0.29) is 12.3 Å². The number of aryl methyl sites for hydroxylation is 1. The van der Waals surface area contributed by atoms with Gasteiger partial charge in [-0.2, -0.15) is 0 Å². The molecule has 1 aromatic carbocycles. The minimum Gasteiger partial charge on any atom is -0.480 e. The highest BCUT2D eigenvalue weighted by Crippen LogP contribution is 2.30. The van der Waals surface area contributed by atoms with Gasteiger partial charge in [0.1, 0.15) is 5.54 Å². The molecule has 1 aromatic heterocycles. The zero-order valence-electron chi connectivity index (χ0n) is 12.4. The third kappa shape index (κ3) is 2.71. The van der Waals surface area contributed by atoms with Gasteiger partial charge in [0.05, 0.1) is 0 Å².